The number of sulfonamides is 1. The number of aromatic nitrogens is 2. The summed E-state index contributed by atoms with van der Waals surface area (Å²) in [6, 6.07) is 13.3. The van der Waals surface area contributed by atoms with Crippen LogP contribution in [0.3, 0.4) is 0 Å². The quantitative estimate of drug-likeness (QED) is 0.731. The normalized spacial score (nSPS) is 13.3. The second-order valence-corrected chi connectivity index (χ2v) is 7.76. The van der Waals surface area contributed by atoms with Gasteiger partial charge in [-0.3, -0.25) is 4.68 Å². The SMILES string of the molecule is Cc1nn(C)c(C)c1S(=O)(=O)NC[C@@H](O)c1cccc2ccccc12. The largest absolute Gasteiger partial charge is 0.387 e. The minimum atomic E-state index is -3.75. The summed E-state index contributed by atoms with van der Waals surface area (Å²) in [5, 5.41) is 16.6. The molecule has 0 radical (unpaired) electrons. The molecule has 0 bridgehead atoms. The lowest BCUT2D eigenvalue weighted by Gasteiger charge is -2.15. The minimum absolute atomic E-state index is 0.107. The van der Waals surface area contributed by atoms with Crippen LogP contribution >= 0.6 is 0 Å². The van der Waals surface area contributed by atoms with Crippen LogP contribution < -0.4 is 4.72 Å². The highest BCUT2D eigenvalue weighted by molar-refractivity contribution is 7.89. The lowest BCUT2D eigenvalue weighted by Crippen LogP contribution is -2.29. The Bertz CT molecular complexity index is 1020. The molecule has 0 spiro atoms. The summed E-state index contributed by atoms with van der Waals surface area (Å²) < 4.78 is 29.3. The van der Waals surface area contributed by atoms with Crippen LogP contribution in [0.4, 0.5) is 0 Å². The number of fused-ring (bicyclic) bond motifs is 1. The van der Waals surface area contributed by atoms with Gasteiger partial charge < -0.3 is 5.11 Å². The monoisotopic (exact) mass is 359 g/mol. The number of nitrogens with one attached hydrogen (secondary N) is 1. The molecule has 3 rings (SSSR count). The second kappa shape index (κ2) is 6.59. The Balaban J connectivity index is 1.85. The minimum Gasteiger partial charge on any atom is -0.387 e. The molecule has 0 saturated heterocycles. The first kappa shape index (κ1) is 17.6. The van der Waals surface area contributed by atoms with Gasteiger partial charge in [-0.05, 0) is 30.2 Å². The molecular weight excluding hydrogens is 338 g/mol. The van der Waals surface area contributed by atoms with Gasteiger partial charge in [0, 0.05) is 13.6 Å². The molecule has 6 nitrogen and oxygen atoms in total. The molecule has 7 heteroatoms. The van der Waals surface area contributed by atoms with Crippen LogP contribution in [0.5, 0.6) is 0 Å². The van der Waals surface area contributed by atoms with Gasteiger partial charge in [0.15, 0.2) is 0 Å². The Morgan fingerprint density at radius 1 is 1.16 bits per heavy atom. The third kappa shape index (κ3) is 3.30. The maximum Gasteiger partial charge on any atom is 0.244 e. The van der Waals surface area contributed by atoms with Crippen LogP contribution in [0.15, 0.2) is 47.4 Å². The second-order valence-electron chi connectivity index (χ2n) is 6.06. The maximum absolute atomic E-state index is 12.6. The molecule has 3 aromatic rings. The zero-order valence-electron chi connectivity index (χ0n) is 14.4. The van der Waals surface area contributed by atoms with Crippen LogP contribution in [-0.2, 0) is 17.1 Å². The van der Waals surface area contributed by atoms with Crippen molar-refractivity contribution >= 4 is 20.8 Å². The van der Waals surface area contributed by atoms with E-state index in [1.807, 2.05) is 42.5 Å². The highest BCUT2D eigenvalue weighted by Gasteiger charge is 2.24. The van der Waals surface area contributed by atoms with Crippen LogP contribution in [0.1, 0.15) is 23.1 Å². The van der Waals surface area contributed by atoms with Gasteiger partial charge in [0.25, 0.3) is 0 Å². The molecule has 0 aliphatic carbocycles. The first-order valence-corrected chi connectivity index (χ1v) is 9.45. The van der Waals surface area contributed by atoms with E-state index in [1.54, 1.807) is 20.9 Å². The smallest absolute Gasteiger partial charge is 0.244 e. The fourth-order valence-electron chi connectivity index (χ4n) is 3.05. The van der Waals surface area contributed by atoms with Crippen molar-refractivity contribution in [2.75, 3.05) is 6.54 Å². The van der Waals surface area contributed by atoms with E-state index in [4.69, 9.17) is 0 Å². The molecule has 132 valence electrons. The number of hydrogen-bond acceptors (Lipinski definition) is 4. The fourth-order valence-corrected chi connectivity index (χ4v) is 4.53. The van der Waals surface area contributed by atoms with Gasteiger partial charge in [0.05, 0.1) is 17.5 Å². The highest BCUT2D eigenvalue weighted by atomic mass is 32.2. The molecule has 0 aliphatic rings. The summed E-state index contributed by atoms with van der Waals surface area (Å²) in [5.41, 5.74) is 1.69. The van der Waals surface area contributed by atoms with E-state index in [2.05, 4.69) is 9.82 Å². The van der Waals surface area contributed by atoms with Crippen molar-refractivity contribution in [3.8, 4) is 0 Å². The lowest BCUT2D eigenvalue weighted by molar-refractivity contribution is 0.183. The maximum atomic E-state index is 12.6. The molecule has 0 saturated carbocycles. The predicted octanol–water partition coefficient (Wildman–Crippen LogP) is 2.20. The van der Waals surface area contributed by atoms with Gasteiger partial charge >= 0.3 is 0 Å². The molecule has 0 amide bonds. The van der Waals surface area contributed by atoms with Gasteiger partial charge in [-0.1, -0.05) is 42.5 Å². The van der Waals surface area contributed by atoms with E-state index in [-0.39, 0.29) is 11.4 Å². The first-order chi connectivity index (χ1) is 11.8. The van der Waals surface area contributed by atoms with E-state index in [0.717, 1.165) is 10.8 Å². The van der Waals surface area contributed by atoms with Crippen LogP contribution in [-0.4, -0.2) is 29.8 Å². The molecule has 1 atom stereocenters. The number of aliphatic hydroxyl groups excluding tert-OH is 1. The number of hydrogen-bond donors (Lipinski definition) is 2. The number of nitrogens with zero attached hydrogens (tertiary/aromatic N) is 2. The summed E-state index contributed by atoms with van der Waals surface area (Å²) in [6.07, 6.45) is -0.946. The molecule has 2 aromatic carbocycles. The van der Waals surface area contributed by atoms with Crippen molar-refractivity contribution < 1.29 is 13.5 Å². The highest BCUT2D eigenvalue weighted by Crippen LogP contribution is 2.25. The Hall–Kier alpha value is -2.22. The number of aliphatic hydroxyl groups is 1. The van der Waals surface area contributed by atoms with Crippen LogP contribution in [0.25, 0.3) is 10.8 Å². The van der Waals surface area contributed by atoms with Crippen molar-refractivity contribution in [1.82, 2.24) is 14.5 Å². The Morgan fingerprint density at radius 3 is 2.52 bits per heavy atom. The van der Waals surface area contributed by atoms with Gasteiger partial charge in [-0.2, -0.15) is 5.10 Å². The van der Waals surface area contributed by atoms with Gasteiger partial charge in [-0.25, -0.2) is 13.1 Å². The molecule has 0 aliphatic heterocycles. The fraction of sp³-hybridized carbons (Fsp3) is 0.278. The van der Waals surface area contributed by atoms with Gasteiger partial charge in [0.2, 0.25) is 10.0 Å². The summed E-state index contributed by atoms with van der Waals surface area (Å²) >= 11 is 0. The van der Waals surface area contributed by atoms with Crippen LogP contribution in [0.2, 0.25) is 0 Å². The number of aryl methyl sites for hydroxylation is 2. The van der Waals surface area contributed by atoms with Crippen LogP contribution in [0, 0.1) is 13.8 Å². The summed E-state index contributed by atoms with van der Waals surface area (Å²) in [4.78, 5) is 0.167. The lowest BCUT2D eigenvalue weighted by atomic mass is 10.0. The van der Waals surface area contributed by atoms with Crippen molar-refractivity contribution in [3.63, 3.8) is 0 Å². The zero-order chi connectivity index (χ0) is 18.2. The average Bonchev–Trinajstić information content (AvgIpc) is 2.85. The van der Waals surface area contributed by atoms with E-state index in [9.17, 15) is 13.5 Å². The summed E-state index contributed by atoms with van der Waals surface area (Å²) in [7, 11) is -2.05. The van der Waals surface area contributed by atoms with E-state index >= 15 is 0 Å². The van der Waals surface area contributed by atoms with E-state index < -0.39 is 16.1 Å². The molecule has 1 aromatic heterocycles. The Labute approximate surface area is 147 Å². The molecule has 0 fully saturated rings. The molecular formula is C18H21N3O3S. The van der Waals surface area contributed by atoms with Gasteiger partial charge in [-0.15, -0.1) is 0 Å². The van der Waals surface area contributed by atoms with E-state index in [0.29, 0.717) is 17.0 Å². The third-order valence-corrected chi connectivity index (χ3v) is 6.04. The molecule has 2 N–H and O–H groups in total. The third-order valence-electron chi connectivity index (χ3n) is 4.36. The van der Waals surface area contributed by atoms with Gasteiger partial charge in [0.1, 0.15) is 4.90 Å². The van der Waals surface area contributed by atoms with E-state index in [1.165, 1.54) is 4.68 Å². The van der Waals surface area contributed by atoms with Crippen molar-refractivity contribution in [2.24, 2.45) is 7.05 Å². The standard InChI is InChI=1S/C18H21N3O3S/c1-12-18(13(2)21(3)20-12)25(23,24)19-11-17(22)16-10-6-8-14-7-4-5-9-15(14)16/h4-10,17,19,22H,11H2,1-3H3/t17-/m1/s1. The summed E-state index contributed by atoms with van der Waals surface area (Å²) in [6.45, 7) is 3.25. The first-order valence-electron chi connectivity index (χ1n) is 7.97. The zero-order valence-corrected chi connectivity index (χ0v) is 15.2. The average molecular weight is 359 g/mol. The molecule has 25 heavy (non-hydrogen) atoms. The van der Waals surface area contributed by atoms with Crippen molar-refractivity contribution in [2.45, 2.75) is 24.8 Å². The molecule has 0 unspecified atom stereocenters. The Morgan fingerprint density at radius 2 is 1.84 bits per heavy atom. The molecule has 1 heterocycles. The summed E-state index contributed by atoms with van der Waals surface area (Å²) in [5.74, 6) is 0. The Kier molecular flexibility index (Phi) is 4.64. The van der Waals surface area contributed by atoms with Crippen molar-refractivity contribution in [1.29, 1.82) is 0 Å². The predicted molar refractivity (Wildman–Crippen MR) is 96.8 cm³/mol. The van der Waals surface area contributed by atoms with Crippen molar-refractivity contribution in [3.05, 3.63) is 59.4 Å². The topological polar surface area (TPSA) is 84.2 Å². The number of rotatable bonds is 5. The number of benzene rings is 2.